The molecular weight excluding hydrogens is 276 g/mol. The zero-order chi connectivity index (χ0) is 16.3. The second-order valence-corrected chi connectivity index (χ2v) is 6.22. The van der Waals surface area contributed by atoms with Gasteiger partial charge in [0.05, 0.1) is 12.9 Å². The Bertz CT molecular complexity index is 229. The van der Waals surface area contributed by atoms with E-state index in [-0.39, 0.29) is 13.2 Å². The molecule has 0 fully saturated rings. The Hall–Kier alpha value is -0.540. The molecule has 0 saturated carbocycles. The summed E-state index contributed by atoms with van der Waals surface area (Å²) < 4.78 is 5.10. The Morgan fingerprint density at radius 3 is 1.82 bits per heavy atom. The summed E-state index contributed by atoms with van der Waals surface area (Å²) in [5.41, 5.74) is 0. The zero-order valence-electron chi connectivity index (χ0n) is 14.6. The van der Waals surface area contributed by atoms with E-state index < -0.39 is 6.10 Å². The first-order valence-corrected chi connectivity index (χ1v) is 9.36. The van der Waals surface area contributed by atoms with Gasteiger partial charge in [0.15, 0.2) is 0 Å². The van der Waals surface area contributed by atoms with Crippen molar-refractivity contribution in [3.63, 3.8) is 0 Å². The van der Waals surface area contributed by atoms with E-state index in [1.54, 1.807) is 6.26 Å². The average Bonchev–Trinajstić information content (AvgIpc) is 2.54. The molecule has 0 aromatic heterocycles. The van der Waals surface area contributed by atoms with Gasteiger partial charge in [-0.05, 0) is 18.9 Å². The molecule has 0 aliphatic rings. The Balaban J connectivity index is 3.06. The molecule has 0 rings (SSSR count). The summed E-state index contributed by atoms with van der Waals surface area (Å²) in [4.78, 5) is 0. The van der Waals surface area contributed by atoms with Crippen molar-refractivity contribution >= 4 is 0 Å². The van der Waals surface area contributed by atoms with Gasteiger partial charge in [0, 0.05) is 0 Å². The molecule has 132 valence electrons. The maximum absolute atomic E-state index is 9.06. The van der Waals surface area contributed by atoms with Gasteiger partial charge in [-0.15, -0.1) is 0 Å². The van der Waals surface area contributed by atoms with Crippen molar-refractivity contribution in [2.24, 2.45) is 0 Å². The first-order chi connectivity index (χ1) is 10.8. The molecule has 2 N–H and O–H groups in total. The standard InChI is InChI=1S/C19H38O3/c1-2-3-4-5-6-7-8-9-10-11-12-13-14-15-16-22-18-19(21)17-20/h15-16,19-21H,2-14,17-18H2,1H3/b16-15+/t19-/m1/s1. The topological polar surface area (TPSA) is 49.7 Å². The quantitative estimate of drug-likeness (QED) is 0.295. The van der Waals surface area contributed by atoms with E-state index in [2.05, 4.69) is 6.92 Å². The number of aliphatic hydroxyl groups is 2. The van der Waals surface area contributed by atoms with Crippen molar-refractivity contribution in [2.45, 2.75) is 96.5 Å². The number of hydrogen-bond acceptors (Lipinski definition) is 3. The summed E-state index contributed by atoms with van der Waals surface area (Å²) in [6.07, 6.45) is 20.4. The molecule has 3 nitrogen and oxygen atoms in total. The molecule has 0 amide bonds. The van der Waals surface area contributed by atoms with E-state index in [4.69, 9.17) is 14.9 Å². The summed E-state index contributed by atoms with van der Waals surface area (Å²) in [7, 11) is 0. The minimum Gasteiger partial charge on any atom is -0.499 e. The fourth-order valence-electron chi connectivity index (χ4n) is 2.46. The fraction of sp³-hybridized carbons (Fsp3) is 0.895. The predicted molar refractivity (Wildman–Crippen MR) is 93.9 cm³/mol. The van der Waals surface area contributed by atoms with Crippen molar-refractivity contribution < 1.29 is 14.9 Å². The van der Waals surface area contributed by atoms with Gasteiger partial charge in [0.1, 0.15) is 12.7 Å². The fourth-order valence-corrected chi connectivity index (χ4v) is 2.46. The van der Waals surface area contributed by atoms with Crippen LogP contribution in [0.4, 0.5) is 0 Å². The Morgan fingerprint density at radius 1 is 0.818 bits per heavy atom. The minimum absolute atomic E-state index is 0.172. The number of allylic oxidation sites excluding steroid dienone is 1. The van der Waals surface area contributed by atoms with Crippen LogP contribution in [0.3, 0.4) is 0 Å². The van der Waals surface area contributed by atoms with Crippen LogP contribution < -0.4 is 0 Å². The van der Waals surface area contributed by atoms with Crippen LogP contribution in [-0.2, 0) is 4.74 Å². The number of ether oxygens (including phenoxy) is 1. The first kappa shape index (κ1) is 21.5. The van der Waals surface area contributed by atoms with E-state index >= 15 is 0 Å². The molecule has 22 heavy (non-hydrogen) atoms. The van der Waals surface area contributed by atoms with Gasteiger partial charge in [-0.25, -0.2) is 0 Å². The maximum Gasteiger partial charge on any atom is 0.115 e. The van der Waals surface area contributed by atoms with Crippen LogP contribution in [0.1, 0.15) is 90.4 Å². The number of rotatable bonds is 17. The highest BCUT2D eigenvalue weighted by molar-refractivity contribution is 4.73. The monoisotopic (exact) mass is 314 g/mol. The van der Waals surface area contributed by atoms with Crippen LogP contribution in [0.2, 0.25) is 0 Å². The molecule has 0 aromatic carbocycles. The van der Waals surface area contributed by atoms with Gasteiger partial charge >= 0.3 is 0 Å². The third-order valence-corrected chi connectivity index (χ3v) is 3.92. The SMILES string of the molecule is CCCCCCCCCCCCCC/C=C/OC[C@H](O)CO. The van der Waals surface area contributed by atoms with E-state index in [1.807, 2.05) is 6.08 Å². The molecule has 0 heterocycles. The van der Waals surface area contributed by atoms with Crippen molar-refractivity contribution in [1.29, 1.82) is 0 Å². The second kappa shape index (κ2) is 18.5. The van der Waals surface area contributed by atoms with Gasteiger partial charge in [-0.3, -0.25) is 0 Å². The molecule has 0 unspecified atom stereocenters. The molecule has 0 saturated heterocycles. The normalized spacial score (nSPS) is 12.9. The molecular formula is C19H38O3. The highest BCUT2D eigenvalue weighted by atomic mass is 16.5. The first-order valence-electron chi connectivity index (χ1n) is 9.36. The number of unbranched alkanes of at least 4 members (excludes halogenated alkanes) is 12. The summed E-state index contributed by atoms with van der Waals surface area (Å²) in [6, 6.07) is 0. The van der Waals surface area contributed by atoms with Crippen LogP contribution in [0.15, 0.2) is 12.3 Å². The number of aliphatic hydroxyl groups excluding tert-OH is 2. The zero-order valence-corrected chi connectivity index (χ0v) is 14.6. The predicted octanol–water partition coefficient (Wildman–Crippen LogP) is 4.96. The molecule has 1 atom stereocenters. The average molecular weight is 315 g/mol. The van der Waals surface area contributed by atoms with Crippen molar-refractivity contribution in [3.05, 3.63) is 12.3 Å². The lowest BCUT2D eigenvalue weighted by molar-refractivity contribution is 0.0383. The largest absolute Gasteiger partial charge is 0.499 e. The smallest absolute Gasteiger partial charge is 0.115 e. The van der Waals surface area contributed by atoms with E-state index in [0.29, 0.717) is 0 Å². The Morgan fingerprint density at radius 2 is 1.32 bits per heavy atom. The summed E-state index contributed by atoms with van der Waals surface area (Å²) in [5.74, 6) is 0. The van der Waals surface area contributed by atoms with Gasteiger partial charge in [-0.1, -0.05) is 77.6 Å². The maximum atomic E-state index is 9.06. The van der Waals surface area contributed by atoms with Crippen LogP contribution >= 0.6 is 0 Å². The third-order valence-electron chi connectivity index (χ3n) is 3.92. The number of hydrogen-bond donors (Lipinski definition) is 2. The lowest BCUT2D eigenvalue weighted by Crippen LogP contribution is -2.17. The molecule has 0 aliphatic carbocycles. The van der Waals surface area contributed by atoms with Gasteiger partial charge in [0.2, 0.25) is 0 Å². The third kappa shape index (κ3) is 17.5. The molecule has 3 heteroatoms. The van der Waals surface area contributed by atoms with Gasteiger partial charge in [0.25, 0.3) is 0 Å². The molecule has 0 spiro atoms. The van der Waals surface area contributed by atoms with E-state index in [1.165, 1.54) is 77.0 Å². The van der Waals surface area contributed by atoms with Crippen LogP contribution in [0, 0.1) is 0 Å². The minimum atomic E-state index is -0.767. The Kier molecular flexibility index (Phi) is 18.1. The van der Waals surface area contributed by atoms with Crippen molar-refractivity contribution in [1.82, 2.24) is 0 Å². The molecule has 0 radical (unpaired) electrons. The molecule has 0 aliphatic heterocycles. The van der Waals surface area contributed by atoms with Crippen molar-refractivity contribution in [3.8, 4) is 0 Å². The summed E-state index contributed by atoms with van der Waals surface area (Å²) in [6.45, 7) is 2.20. The highest BCUT2D eigenvalue weighted by Crippen LogP contribution is 2.12. The lowest BCUT2D eigenvalue weighted by atomic mass is 10.0. The van der Waals surface area contributed by atoms with Crippen LogP contribution in [0.5, 0.6) is 0 Å². The molecule has 0 aromatic rings. The van der Waals surface area contributed by atoms with Crippen LogP contribution in [0.25, 0.3) is 0 Å². The summed E-state index contributed by atoms with van der Waals surface area (Å²) >= 11 is 0. The lowest BCUT2D eigenvalue weighted by Gasteiger charge is -2.05. The van der Waals surface area contributed by atoms with E-state index in [0.717, 1.165) is 6.42 Å². The van der Waals surface area contributed by atoms with E-state index in [9.17, 15) is 0 Å². The van der Waals surface area contributed by atoms with Gasteiger partial charge < -0.3 is 14.9 Å². The van der Waals surface area contributed by atoms with Crippen LogP contribution in [-0.4, -0.2) is 29.5 Å². The second-order valence-electron chi connectivity index (χ2n) is 6.22. The van der Waals surface area contributed by atoms with Gasteiger partial charge in [-0.2, -0.15) is 0 Å². The molecule has 0 bridgehead atoms. The Labute approximate surface area is 137 Å². The highest BCUT2D eigenvalue weighted by Gasteiger charge is 1.98. The van der Waals surface area contributed by atoms with Crippen molar-refractivity contribution in [2.75, 3.05) is 13.2 Å². The summed E-state index contributed by atoms with van der Waals surface area (Å²) in [5, 5.41) is 17.7.